The second kappa shape index (κ2) is 4.85. The number of oxazole rings is 1. The number of amides is 1. The second-order valence-electron chi connectivity index (χ2n) is 4.43. The van der Waals surface area contributed by atoms with Gasteiger partial charge in [0.25, 0.3) is 0 Å². The Hall–Kier alpha value is -2.14. The first-order valence-electron chi connectivity index (χ1n) is 6.15. The van der Waals surface area contributed by atoms with Crippen LogP contribution in [0.3, 0.4) is 0 Å². The van der Waals surface area contributed by atoms with E-state index in [1.807, 2.05) is 37.3 Å². The molecule has 2 heterocycles. The first-order valence-corrected chi connectivity index (χ1v) is 6.15. The molecule has 0 saturated carbocycles. The van der Waals surface area contributed by atoms with E-state index in [2.05, 4.69) is 10.3 Å². The molecule has 1 aromatic carbocycles. The first kappa shape index (κ1) is 11.9. The molecule has 1 amide bonds. The van der Waals surface area contributed by atoms with Crippen LogP contribution in [0.15, 0.2) is 34.7 Å². The van der Waals surface area contributed by atoms with Crippen LogP contribution >= 0.6 is 0 Å². The van der Waals surface area contributed by atoms with Crippen molar-refractivity contribution in [1.82, 2.24) is 10.3 Å². The number of aromatic nitrogens is 1. The number of hydrogen-bond donors (Lipinski definition) is 1. The Labute approximate surface area is 110 Å². The molecule has 3 rings (SSSR count). The number of benzene rings is 1. The van der Waals surface area contributed by atoms with Gasteiger partial charge in [-0.05, 0) is 19.1 Å². The molecule has 1 fully saturated rings. The van der Waals surface area contributed by atoms with Crippen molar-refractivity contribution in [3.63, 3.8) is 0 Å². The number of ether oxygens (including phenoxy) is 1. The summed E-state index contributed by atoms with van der Waals surface area (Å²) in [5.74, 6) is 1.20. The van der Waals surface area contributed by atoms with Crippen molar-refractivity contribution in [3.05, 3.63) is 41.8 Å². The second-order valence-corrected chi connectivity index (χ2v) is 4.43. The Balaban J connectivity index is 1.88. The molecular formula is C14H14N2O3. The SMILES string of the molecule is Cc1oc(-c2ccccc2)nc1C1CNC(=O)CO1. The fraction of sp³-hybridized carbons (Fsp3) is 0.286. The zero-order chi connectivity index (χ0) is 13.2. The van der Waals surface area contributed by atoms with Gasteiger partial charge in [-0.25, -0.2) is 4.98 Å². The molecular weight excluding hydrogens is 244 g/mol. The molecule has 1 atom stereocenters. The van der Waals surface area contributed by atoms with E-state index in [0.717, 1.165) is 17.0 Å². The van der Waals surface area contributed by atoms with E-state index in [-0.39, 0.29) is 18.6 Å². The zero-order valence-corrected chi connectivity index (χ0v) is 10.6. The fourth-order valence-electron chi connectivity index (χ4n) is 2.08. The Morgan fingerprint density at radius 3 is 2.79 bits per heavy atom. The topological polar surface area (TPSA) is 64.4 Å². The molecule has 19 heavy (non-hydrogen) atoms. The molecule has 2 aromatic rings. The average Bonchev–Trinajstić information content (AvgIpc) is 2.83. The molecule has 0 radical (unpaired) electrons. The van der Waals surface area contributed by atoms with Crippen LogP contribution in [0.2, 0.25) is 0 Å². The van der Waals surface area contributed by atoms with Crippen LogP contribution in [0.4, 0.5) is 0 Å². The average molecular weight is 258 g/mol. The molecule has 1 unspecified atom stereocenters. The number of carbonyl (C=O) groups is 1. The third-order valence-electron chi connectivity index (χ3n) is 3.06. The molecule has 5 nitrogen and oxygen atoms in total. The lowest BCUT2D eigenvalue weighted by atomic mass is 10.2. The Bertz CT molecular complexity index is 582. The Kier molecular flexibility index (Phi) is 3.05. The standard InChI is InChI=1S/C14H14N2O3/c1-9-13(11-7-15-12(17)8-18-11)16-14(19-9)10-5-3-2-4-6-10/h2-6,11H,7-8H2,1H3,(H,15,17). The van der Waals surface area contributed by atoms with Crippen molar-refractivity contribution in [1.29, 1.82) is 0 Å². The normalized spacial score (nSPS) is 19.2. The summed E-state index contributed by atoms with van der Waals surface area (Å²) in [6, 6.07) is 9.70. The third-order valence-corrected chi connectivity index (χ3v) is 3.06. The summed E-state index contributed by atoms with van der Waals surface area (Å²) in [6.07, 6.45) is -0.237. The molecule has 1 aromatic heterocycles. The maximum absolute atomic E-state index is 11.1. The molecule has 0 spiro atoms. The number of nitrogens with one attached hydrogen (secondary N) is 1. The maximum Gasteiger partial charge on any atom is 0.246 e. The molecule has 98 valence electrons. The molecule has 0 bridgehead atoms. The van der Waals surface area contributed by atoms with Gasteiger partial charge in [0.05, 0.1) is 0 Å². The summed E-state index contributed by atoms with van der Waals surface area (Å²) in [4.78, 5) is 15.6. The van der Waals surface area contributed by atoms with Gasteiger partial charge in [0.2, 0.25) is 11.8 Å². The van der Waals surface area contributed by atoms with Gasteiger partial charge in [0, 0.05) is 12.1 Å². The summed E-state index contributed by atoms with van der Waals surface area (Å²) >= 11 is 0. The van der Waals surface area contributed by atoms with E-state index < -0.39 is 0 Å². The van der Waals surface area contributed by atoms with Crippen molar-refractivity contribution < 1.29 is 13.9 Å². The number of aryl methyl sites for hydroxylation is 1. The minimum atomic E-state index is -0.237. The largest absolute Gasteiger partial charge is 0.441 e. The van der Waals surface area contributed by atoms with Crippen LogP contribution in [0.1, 0.15) is 17.6 Å². The van der Waals surface area contributed by atoms with Crippen molar-refractivity contribution >= 4 is 5.91 Å². The van der Waals surface area contributed by atoms with Gasteiger partial charge in [-0.2, -0.15) is 0 Å². The Morgan fingerprint density at radius 1 is 1.32 bits per heavy atom. The van der Waals surface area contributed by atoms with E-state index in [1.54, 1.807) is 0 Å². The molecule has 1 N–H and O–H groups in total. The van der Waals surface area contributed by atoms with Crippen LogP contribution in [-0.4, -0.2) is 24.0 Å². The van der Waals surface area contributed by atoms with Crippen molar-refractivity contribution in [3.8, 4) is 11.5 Å². The van der Waals surface area contributed by atoms with E-state index in [4.69, 9.17) is 9.15 Å². The highest BCUT2D eigenvalue weighted by Gasteiger charge is 2.25. The highest BCUT2D eigenvalue weighted by atomic mass is 16.5. The summed E-state index contributed by atoms with van der Waals surface area (Å²) in [7, 11) is 0. The van der Waals surface area contributed by atoms with Crippen LogP contribution in [0.5, 0.6) is 0 Å². The Morgan fingerprint density at radius 2 is 2.11 bits per heavy atom. The molecule has 1 aliphatic heterocycles. The number of morpholine rings is 1. The van der Waals surface area contributed by atoms with E-state index >= 15 is 0 Å². The van der Waals surface area contributed by atoms with Gasteiger partial charge in [0.15, 0.2) is 0 Å². The number of hydrogen-bond acceptors (Lipinski definition) is 4. The van der Waals surface area contributed by atoms with Gasteiger partial charge in [0.1, 0.15) is 24.2 Å². The van der Waals surface area contributed by atoms with Gasteiger partial charge >= 0.3 is 0 Å². The van der Waals surface area contributed by atoms with E-state index in [0.29, 0.717) is 12.4 Å². The van der Waals surface area contributed by atoms with Gasteiger partial charge in [-0.3, -0.25) is 4.79 Å². The lowest BCUT2D eigenvalue weighted by Gasteiger charge is -2.21. The minimum absolute atomic E-state index is 0.0671. The maximum atomic E-state index is 11.1. The quantitative estimate of drug-likeness (QED) is 0.892. The summed E-state index contributed by atoms with van der Waals surface area (Å²) in [5, 5.41) is 2.76. The van der Waals surface area contributed by atoms with Gasteiger partial charge in [-0.15, -0.1) is 0 Å². The third kappa shape index (κ3) is 2.37. The van der Waals surface area contributed by atoms with Crippen LogP contribution in [0, 0.1) is 6.92 Å². The summed E-state index contributed by atoms with van der Waals surface area (Å²) < 4.78 is 11.1. The predicted octanol–water partition coefficient (Wildman–Crippen LogP) is 1.84. The van der Waals surface area contributed by atoms with Crippen molar-refractivity contribution in [2.45, 2.75) is 13.0 Å². The highest BCUT2D eigenvalue weighted by Crippen LogP contribution is 2.27. The minimum Gasteiger partial charge on any atom is -0.441 e. The fourth-order valence-corrected chi connectivity index (χ4v) is 2.08. The smallest absolute Gasteiger partial charge is 0.246 e. The van der Waals surface area contributed by atoms with E-state index in [1.165, 1.54) is 0 Å². The number of carbonyl (C=O) groups excluding carboxylic acids is 1. The summed E-state index contributed by atoms with van der Waals surface area (Å²) in [5.41, 5.74) is 1.68. The predicted molar refractivity (Wildman–Crippen MR) is 68.4 cm³/mol. The lowest BCUT2D eigenvalue weighted by molar-refractivity contribution is -0.133. The van der Waals surface area contributed by atoms with Gasteiger partial charge < -0.3 is 14.5 Å². The number of rotatable bonds is 2. The van der Waals surface area contributed by atoms with Gasteiger partial charge in [-0.1, -0.05) is 18.2 Å². The van der Waals surface area contributed by atoms with Crippen molar-refractivity contribution in [2.24, 2.45) is 0 Å². The first-order chi connectivity index (χ1) is 9.24. The van der Waals surface area contributed by atoms with E-state index in [9.17, 15) is 4.79 Å². The zero-order valence-electron chi connectivity index (χ0n) is 10.6. The van der Waals surface area contributed by atoms with Crippen LogP contribution in [0.25, 0.3) is 11.5 Å². The monoisotopic (exact) mass is 258 g/mol. The lowest BCUT2D eigenvalue weighted by Crippen LogP contribution is -2.39. The summed E-state index contributed by atoms with van der Waals surface area (Å²) in [6.45, 7) is 2.35. The molecule has 0 aliphatic carbocycles. The molecule has 1 saturated heterocycles. The molecule has 1 aliphatic rings. The van der Waals surface area contributed by atoms with Crippen molar-refractivity contribution in [2.75, 3.05) is 13.2 Å². The van der Waals surface area contributed by atoms with Crippen LogP contribution in [-0.2, 0) is 9.53 Å². The molecule has 5 heteroatoms. The van der Waals surface area contributed by atoms with Crippen LogP contribution < -0.4 is 5.32 Å². The highest BCUT2D eigenvalue weighted by molar-refractivity contribution is 5.77. The number of nitrogens with zero attached hydrogens (tertiary/aromatic N) is 1.